The minimum absolute atomic E-state index is 0.223. The summed E-state index contributed by atoms with van der Waals surface area (Å²) < 4.78 is 13.8. The van der Waals surface area contributed by atoms with E-state index in [2.05, 4.69) is 25.8 Å². The van der Waals surface area contributed by atoms with E-state index in [-0.39, 0.29) is 5.82 Å². The van der Waals surface area contributed by atoms with Crippen LogP contribution in [0.4, 0.5) is 10.2 Å². The summed E-state index contributed by atoms with van der Waals surface area (Å²) in [6.07, 6.45) is 7.46. The number of aromatic nitrogens is 3. The Hall–Kier alpha value is -1.73. The molecule has 7 heteroatoms. The highest BCUT2D eigenvalue weighted by Crippen LogP contribution is 2.40. The van der Waals surface area contributed by atoms with E-state index in [1.165, 1.54) is 24.7 Å². The third kappa shape index (κ3) is 3.93. The fourth-order valence-corrected chi connectivity index (χ4v) is 3.56. The van der Waals surface area contributed by atoms with Crippen molar-refractivity contribution >= 4 is 17.6 Å². The van der Waals surface area contributed by atoms with Crippen LogP contribution in [0.1, 0.15) is 30.0 Å². The molecule has 1 aliphatic heterocycles. The summed E-state index contributed by atoms with van der Waals surface area (Å²) in [4.78, 5) is 17.8. The van der Waals surface area contributed by atoms with Gasteiger partial charge in [0.05, 0.1) is 11.9 Å². The smallest absolute Gasteiger partial charge is 0.189 e. The average molecular weight is 359 g/mol. The van der Waals surface area contributed by atoms with Crippen LogP contribution in [-0.4, -0.2) is 52.3 Å². The summed E-state index contributed by atoms with van der Waals surface area (Å²) in [5.74, 6) is 1.44. The first-order valence-electron chi connectivity index (χ1n) is 8.71. The van der Waals surface area contributed by atoms with Crippen molar-refractivity contribution in [3.05, 3.63) is 41.6 Å². The number of thioether (sulfide) groups is 1. The summed E-state index contributed by atoms with van der Waals surface area (Å²) in [6, 6.07) is 3.92. The predicted molar refractivity (Wildman–Crippen MR) is 97.5 cm³/mol. The Morgan fingerprint density at radius 3 is 2.68 bits per heavy atom. The molecular formula is C18H22FN5S. The molecule has 0 atom stereocenters. The van der Waals surface area contributed by atoms with Crippen molar-refractivity contribution in [3.8, 4) is 0 Å². The molecule has 3 heterocycles. The van der Waals surface area contributed by atoms with Crippen LogP contribution < -0.4 is 4.90 Å². The van der Waals surface area contributed by atoms with Gasteiger partial charge < -0.3 is 4.90 Å². The van der Waals surface area contributed by atoms with Crippen molar-refractivity contribution in [2.24, 2.45) is 0 Å². The van der Waals surface area contributed by atoms with E-state index in [9.17, 15) is 4.39 Å². The van der Waals surface area contributed by atoms with Gasteiger partial charge in [0.15, 0.2) is 5.16 Å². The third-order valence-electron chi connectivity index (χ3n) is 4.84. The summed E-state index contributed by atoms with van der Waals surface area (Å²) in [5.41, 5.74) is 1.90. The quantitative estimate of drug-likeness (QED) is 0.604. The second-order valence-electron chi connectivity index (χ2n) is 6.64. The Morgan fingerprint density at radius 2 is 2.00 bits per heavy atom. The SMILES string of the molecule is CSc1nc(C2CC2)cc(N2CCN(Cc3ccncc3F)CC2)n1. The molecule has 0 spiro atoms. The van der Waals surface area contributed by atoms with Crippen molar-refractivity contribution in [2.45, 2.75) is 30.5 Å². The van der Waals surface area contributed by atoms with Crippen LogP contribution in [0.5, 0.6) is 0 Å². The molecule has 2 aliphatic rings. The van der Waals surface area contributed by atoms with Crippen LogP contribution in [0.2, 0.25) is 0 Å². The van der Waals surface area contributed by atoms with Crippen molar-refractivity contribution in [3.63, 3.8) is 0 Å². The normalized spacial score (nSPS) is 18.6. The molecule has 5 nitrogen and oxygen atoms in total. The molecule has 0 radical (unpaired) electrons. The molecule has 2 fully saturated rings. The van der Waals surface area contributed by atoms with Crippen LogP contribution in [0.25, 0.3) is 0 Å². The Balaban J connectivity index is 1.42. The maximum atomic E-state index is 13.8. The lowest BCUT2D eigenvalue weighted by Crippen LogP contribution is -2.46. The zero-order valence-electron chi connectivity index (χ0n) is 14.4. The largest absolute Gasteiger partial charge is 0.354 e. The van der Waals surface area contributed by atoms with E-state index >= 15 is 0 Å². The number of piperazine rings is 1. The number of halogens is 1. The highest BCUT2D eigenvalue weighted by molar-refractivity contribution is 7.98. The Bertz CT molecular complexity index is 744. The van der Waals surface area contributed by atoms with Gasteiger partial charge in [-0.15, -0.1) is 0 Å². The van der Waals surface area contributed by atoms with E-state index in [1.807, 2.05) is 6.26 Å². The lowest BCUT2D eigenvalue weighted by Gasteiger charge is -2.35. The molecule has 0 amide bonds. The van der Waals surface area contributed by atoms with E-state index in [1.54, 1.807) is 24.0 Å². The number of anilines is 1. The van der Waals surface area contributed by atoms with Crippen LogP contribution in [0.3, 0.4) is 0 Å². The first-order chi connectivity index (χ1) is 12.2. The molecule has 1 aliphatic carbocycles. The minimum Gasteiger partial charge on any atom is -0.354 e. The number of pyridine rings is 1. The van der Waals surface area contributed by atoms with Crippen molar-refractivity contribution in [1.82, 2.24) is 19.9 Å². The van der Waals surface area contributed by atoms with Gasteiger partial charge in [-0.1, -0.05) is 11.8 Å². The number of hydrogen-bond donors (Lipinski definition) is 0. The van der Waals surface area contributed by atoms with Crippen molar-refractivity contribution in [2.75, 3.05) is 37.3 Å². The van der Waals surface area contributed by atoms with Crippen LogP contribution >= 0.6 is 11.8 Å². The van der Waals surface area contributed by atoms with Gasteiger partial charge in [0.25, 0.3) is 0 Å². The van der Waals surface area contributed by atoms with E-state index < -0.39 is 0 Å². The lowest BCUT2D eigenvalue weighted by molar-refractivity contribution is 0.246. The Kier molecular flexibility index (Phi) is 4.85. The van der Waals surface area contributed by atoms with E-state index in [0.717, 1.165) is 37.2 Å². The van der Waals surface area contributed by atoms with Crippen LogP contribution in [0, 0.1) is 5.82 Å². The molecule has 4 rings (SSSR count). The summed E-state index contributed by atoms with van der Waals surface area (Å²) in [7, 11) is 0. The summed E-state index contributed by atoms with van der Waals surface area (Å²) in [5, 5.41) is 0.862. The zero-order valence-corrected chi connectivity index (χ0v) is 15.2. The Morgan fingerprint density at radius 1 is 1.20 bits per heavy atom. The van der Waals surface area contributed by atoms with Gasteiger partial charge in [-0.25, -0.2) is 14.4 Å². The maximum absolute atomic E-state index is 13.8. The average Bonchev–Trinajstić information content (AvgIpc) is 3.49. The van der Waals surface area contributed by atoms with Gasteiger partial charge in [0.2, 0.25) is 0 Å². The summed E-state index contributed by atoms with van der Waals surface area (Å²) in [6.45, 7) is 4.25. The first kappa shape index (κ1) is 16.7. The Labute approximate surface area is 151 Å². The number of hydrogen-bond acceptors (Lipinski definition) is 6. The standard InChI is InChI=1S/C18H22FN5S/c1-25-18-21-16(13-2-3-13)10-17(22-18)24-8-6-23(7-9-24)12-14-4-5-20-11-15(14)19/h4-5,10-11,13H,2-3,6-9,12H2,1H3. The minimum atomic E-state index is -0.223. The van der Waals surface area contributed by atoms with Crippen LogP contribution in [0.15, 0.2) is 29.7 Å². The van der Waals surface area contributed by atoms with Crippen LogP contribution in [-0.2, 0) is 6.54 Å². The number of rotatable bonds is 5. The van der Waals surface area contributed by atoms with E-state index in [4.69, 9.17) is 4.98 Å². The van der Waals surface area contributed by atoms with Crippen molar-refractivity contribution < 1.29 is 4.39 Å². The fraction of sp³-hybridized carbons (Fsp3) is 0.500. The second kappa shape index (κ2) is 7.25. The second-order valence-corrected chi connectivity index (χ2v) is 7.42. The van der Waals surface area contributed by atoms with Gasteiger partial charge in [0.1, 0.15) is 11.6 Å². The monoisotopic (exact) mass is 359 g/mol. The fourth-order valence-electron chi connectivity index (χ4n) is 3.18. The molecule has 0 unspecified atom stereocenters. The lowest BCUT2D eigenvalue weighted by atomic mass is 10.2. The molecule has 0 aromatic carbocycles. The maximum Gasteiger partial charge on any atom is 0.189 e. The van der Waals surface area contributed by atoms with Gasteiger partial charge in [0, 0.05) is 56.5 Å². The molecule has 0 N–H and O–H groups in total. The van der Waals surface area contributed by atoms with Gasteiger partial charge in [-0.2, -0.15) is 0 Å². The first-order valence-corrected chi connectivity index (χ1v) is 9.94. The molecule has 0 bridgehead atoms. The molecule has 1 saturated heterocycles. The van der Waals surface area contributed by atoms with Crippen molar-refractivity contribution in [1.29, 1.82) is 0 Å². The topological polar surface area (TPSA) is 45.2 Å². The van der Waals surface area contributed by atoms with E-state index in [0.29, 0.717) is 18.0 Å². The number of nitrogens with zero attached hydrogens (tertiary/aromatic N) is 5. The molecule has 25 heavy (non-hydrogen) atoms. The third-order valence-corrected chi connectivity index (χ3v) is 5.38. The molecule has 1 saturated carbocycles. The van der Waals surface area contributed by atoms with Gasteiger partial charge in [-0.3, -0.25) is 9.88 Å². The van der Waals surface area contributed by atoms with Gasteiger partial charge in [-0.05, 0) is 25.2 Å². The molecule has 2 aromatic rings. The highest BCUT2D eigenvalue weighted by atomic mass is 32.2. The highest BCUT2D eigenvalue weighted by Gasteiger charge is 2.27. The predicted octanol–water partition coefficient (Wildman–Crippen LogP) is 2.93. The zero-order chi connectivity index (χ0) is 17.2. The molecular weight excluding hydrogens is 337 g/mol. The van der Waals surface area contributed by atoms with Gasteiger partial charge >= 0.3 is 0 Å². The molecule has 132 valence electrons. The summed E-state index contributed by atoms with van der Waals surface area (Å²) >= 11 is 1.60. The molecule has 2 aromatic heterocycles.